The van der Waals surface area contributed by atoms with Gasteiger partial charge in [-0.3, -0.25) is 0 Å². The molecular formula is C13H20N2O. The fourth-order valence-electron chi connectivity index (χ4n) is 1.78. The van der Waals surface area contributed by atoms with Gasteiger partial charge in [0.25, 0.3) is 0 Å². The number of amides is 2. The van der Waals surface area contributed by atoms with E-state index in [0.29, 0.717) is 0 Å². The molecule has 0 saturated carbocycles. The minimum absolute atomic E-state index is 0.135. The summed E-state index contributed by atoms with van der Waals surface area (Å²) in [7, 11) is 1.60. The summed E-state index contributed by atoms with van der Waals surface area (Å²) in [6.07, 6.45) is 0. The highest BCUT2D eigenvalue weighted by atomic mass is 16.2. The van der Waals surface area contributed by atoms with Crippen LogP contribution in [-0.4, -0.2) is 13.1 Å². The number of carbonyl (C=O) groups excluding carboxylic acids is 1. The normalized spacial score (nSPS) is 11.1. The smallest absolute Gasteiger partial charge is 0.318 e. The number of aryl methyl sites for hydroxylation is 1. The first-order valence-electron chi connectivity index (χ1n) is 5.44. The van der Waals surface area contributed by atoms with Crippen molar-refractivity contribution < 1.29 is 4.79 Å². The van der Waals surface area contributed by atoms with Crippen molar-refractivity contribution in [3.05, 3.63) is 29.3 Å². The van der Waals surface area contributed by atoms with Gasteiger partial charge in [-0.05, 0) is 35.6 Å². The van der Waals surface area contributed by atoms with Crippen molar-refractivity contribution in [2.45, 2.75) is 33.1 Å². The maximum absolute atomic E-state index is 11.2. The number of urea groups is 1. The van der Waals surface area contributed by atoms with Crippen molar-refractivity contribution in [2.24, 2.45) is 0 Å². The van der Waals surface area contributed by atoms with Gasteiger partial charge in [0.15, 0.2) is 0 Å². The zero-order valence-corrected chi connectivity index (χ0v) is 10.6. The predicted octanol–water partition coefficient (Wildman–Crippen LogP) is 3.04. The fourth-order valence-corrected chi connectivity index (χ4v) is 1.78. The molecule has 0 saturated heterocycles. The number of hydrogen-bond donors (Lipinski definition) is 2. The summed E-state index contributed by atoms with van der Waals surface area (Å²) in [5, 5.41) is 5.29. The average Bonchev–Trinajstić information content (AvgIpc) is 2.15. The number of rotatable bonds is 1. The van der Waals surface area contributed by atoms with E-state index in [1.807, 2.05) is 12.1 Å². The summed E-state index contributed by atoms with van der Waals surface area (Å²) in [5.74, 6) is 0. The molecule has 0 radical (unpaired) electrons. The number of carbonyl (C=O) groups is 1. The zero-order valence-electron chi connectivity index (χ0n) is 10.6. The average molecular weight is 220 g/mol. The van der Waals surface area contributed by atoms with E-state index in [1.165, 1.54) is 11.1 Å². The van der Waals surface area contributed by atoms with E-state index in [1.54, 1.807) is 7.05 Å². The highest BCUT2D eigenvalue weighted by Crippen LogP contribution is 2.27. The van der Waals surface area contributed by atoms with Gasteiger partial charge in [0.05, 0.1) is 0 Å². The molecule has 1 rings (SSSR count). The molecular weight excluding hydrogens is 200 g/mol. The van der Waals surface area contributed by atoms with Gasteiger partial charge in [0.2, 0.25) is 0 Å². The van der Waals surface area contributed by atoms with Crippen molar-refractivity contribution in [3.8, 4) is 0 Å². The Bertz CT molecular complexity index is 391. The Morgan fingerprint density at radius 1 is 1.25 bits per heavy atom. The Hall–Kier alpha value is -1.51. The molecule has 2 N–H and O–H groups in total. The van der Waals surface area contributed by atoms with E-state index in [0.717, 1.165) is 5.69 Å². The summed E-state index contributed by atoms with van der Waals surface area (Å²) in [5.41, 5.74) is 3.46. The van der Waals surface area contributed by atoms with E-state index < -0.39 is 0 Å². The zero-order chi connectivity index (χ0) is 12.3. The Labute approximate surface area is 97.2 Å². The Kier molecular flexibility index (Phi) is 3.58. The Morgan fingerprint density at radius 2 is 1.88 bits per heavy atom. The minimum atomic E-state index is -0.192. The van der Waals surface area contributed by atoms with Crippen molar-refractivity contribution >= 4 is 11.7 Å². The third-order valence-electron chi connectivity index (χ3n) is 2.52. The van der Waals surface area contributed by atoms with Gasteiger partial charge in [0.1, 0.15) is 0 Å². The van der Waals surface area contributed by atoms with Gasteiger partial charge in [-0.1, -0.05) is 26.8 Å². The first-order valence-corrected chi connectivity index (χ1v) is 5.44. The number of anilines is 1. The van der Waals surface area contributed by atoms with Crippen molar-refractivity contribution in [3.63, 3.8) is 0 Å². The van der Waals surface area contributed by atoms with E-state index >= 15 is 0 Å². The van der Waals surface area contributed by atoms with Crippen LogP contribution in [0.5, 0.6) is 0 Å². The lowest BCUT2D eigenvalue weighted by molar-refractivity contribution is 0.254. The van der Waals surface area contributed by atoms with Crippen LogP contribution in [0.4, 0.5) is 10.5 Å². The molecule has 2 amide bonds. The molecule has 1 aromatic carbocycles. The fraction of sp³-hybridized carbons (Fsp3) is 0.462. The van der Waals surface area contributed by atoms with E-state index in [2.05, 4.69) is 44.4 Å². The monoisotopic (exact) mass is 220 g/mol. The Morgan fingerprint density at radius 3 is 2.31 bits per heavy atom. The summed E-state index contributed by atoms with van der Waals surface area (Å²) < 4.78 is 0. The van der Waals surface area contributed by atoms with Crippen LogP contribution < -0.4 is 10.6 Å². The van der Waals surface area contributed by atoms with Gasteiger partial charge in [-0.25, -0.2) is 4.79 Å². The molecule has 0 aliphatic carbocycles. The Balaban J connectivity index is 2.96. The molecule has 0 aromatic heterocycles. The predicted molar refractivity (Wildman–Crippen MR) is 68.0 cm³/mol. The van der Waals surface area contributed by atoms with Crippen molar-refractivity contribution in [1.82, 2.24) is 5.32 Å². The molecule has 3 nitrogen and oxygen atoms in total. The molecule has 0 spiro atoms. The molecule has 3 heteroatoms. The van der Waals surface area contributed by atoms with E-state index in [9.17, 15) is 4.79 Å². The summed E-state index contributed by atoms with van der Waals surface area (Å²) >= 11 is 0. The molecule has 0 unspecified atom stereocenters. The van der Waals surface area contributed by atoms with E-state index in [4.69, 9.17) is 0 Å². The standard InChI is InChI=1S/C13H20N2O/c1-9-8-10(15-12(16)14-5)6-7-11(9)13(2,3)4/h6-8H,1-5H3,(H2,14,15,16). The highest BCUT2D eigenvalue weighted by molar-refractivity contribution is 5.89. The lowest BCUT2D eigenvalue weighted by atomic mass is 9.84. The van der Waals surface area contributed by atoms with Gasteiger partial charge in [-0.2, -0.15) is 0 Å². The molecule has 0 bridgehead atoms. The molecule has 0 heterocycles. The van der Waals surface area contributed by atoms with Crippen LogP contribution in [0.1, 0.15) is 31.9 Å². The molecule has 0 aliphatic rings. The van der Waals surface area contributed by atoms with Crippen LogP contribution >= 0.6 is 0 Å². The van der Waals surface area contributed by atoms with Crippen molar-refractivity contribution in [2.75, 3.05) is 12.4 Å². The second-order valence-electron chi connectivity index (χ2n) is 4.98. The second-order valence-corrected chi connectivity index (χ2v) is 4.98. The summed E-state index contributed by atoms with van der Waals surface area (Å²) in [6, 6.07) is 5.81. The van der Waals surface area contributed by atoms with Gasteiger partial charge in [0, 0.05) is 12.7 Å². The molecule has 0 aliphatic heterocycles. The molecule has 16 heavy (non-hydrogen) atoms. The molecule has 0 atom stereocenters. The number of hydrogen-bond acceptors (Lipinski definition) is 1. The molecule has 1 aromatic rings. The SMILES string of the molecule is CNC(=O)Nc1ccc(C(C)(C)C)c(C)c1. The third-order valence-corrected chi connectivity index (χ3v) is 2.52. The first kappa shape index (κ1) is 12.6. The van der Waals surface area contributed by atoms with Gasteiger partial charge >= 0.3 is 6.03 Å². The van der Waals surface area contributed by atoms with Gasteiger partial charge < -0.3 is 10.6 Å². The maximum atomic E-state index is 11.2. The highest BCUT2D eigenvalue weighted by Gasteiger charge is 2.16. The van der Waals surface area contributed by atoms with Crippen LogP contribution in [-0.2, 0) is 5.41 Å². The van der Waals surface area contributed by atoms with Crippen LogP contribution in [0, 0.1) is 6.92 Å². The number of nitrogens with one attached hydrogen (secondary N) is 2. The molecule has 88 valence electrons. The minimum Gasteiger partial charge on any atom is -0.341 e. The second kappa shape index (κ2) is 4.56. The van der Waals surface area contributed by atoms with Crippen molar-refractivity contribution in [1.29, 1.82) is 0 Å². The van der Waals surface area contributed by atoms with Crippen LogP contribution in [0.2, 0.25) is 0 Å². The van der Waals surface area contributed by atoms with Crippen LogP contribution in [0.3, 0.4) is 0 Å². The lowest BCUT2D eigenvalue weighted by Crippen LogP contribution is -2.24. The maximum Gasteiger partial charge on any atom is 0.318 e. The van der Waals surface area contributed by atoms with Crippen LogP contribution in [0.25, 0.3) is 0 Å². The largest absolute Gasteiger partial charge is 0.341 e. The summed E-state index contributed by atoms with van der Waals surface area (Å²) in [6.45, 7) is 8.61. The first-order chi connectivity index (χ1) is 7.34. The third kappa shape index (κ3) is 2.99. The number of benzene rings is 1. The van der Waals surface area contributed by atoms with E-state index in [-0.39, 0.29) is 11.4 Å². The topological polar surface area (TPSA) is 41.1 Å². The van der Waals surface area contributed by atoms with Crippen LogP contribution in [0.15, 0.2) is 18.2 Å². The lowest BCUT2D eigenvalue weighted by Gasteiger charge is -2.22. The summed E-state index contributed by atoms with van der Waals surface area (Å²) in [4.78, 5) is 11.2. The molecule has 0 fully saturated rings. The quantitative estimate of drug-likeness (QED) is 0.750. The van der Waals surface area contributed by atoms with Gasteiger partial charge in [-0.15, -0.1) is 0 Å².